The van der Waals surface area contributed by atoms with Gasteiger partial charge in [0, 0.05) is 25.1 Å². The molecule has 0 aromatic heterocycles. The first-order valence-electron chi connectivity index (χ1n) is 6.03. The van der Waals surface area contributed by atoms with E-state index in [4.69, 9.17) is 4.74 Å². The van der Waals surface area contributed by atoms with E-state index in [9.17, 15) is 5.11 Å². The molecule has 1 N–H and O–H groups in total. The molecule has 0 spiro atoms. The summed E-state index contributed by atoms with van der Waals surface area (Å²) in [6.45, 7) is 11.6. The molecule has 1 fully saturated rings. The molecule has 1 aliphatic rings. The molecule has 0 aromatic rings. The van der Waals surface area contributed by atoms with Crippen molar-refractivity contribution >= 4 is 0 Å². The molecular formula is C12H25NO2. The van der Waals surface area contributed by atoms with Gasteiger partial charge in [0.15, 0.2) is 0 Å². The second-order valence-electron chi connectivity index (χ2n) is 5.18. The zero-order chi connectivity index (χ0) is 11.3. The van der Waals surface area contributed by atoms with Crippen molar-refractivity contribution in [3.63, 3.8) is 0 Å². The molecule has 15 heavy (non-hydrogen) atoms. The van der Waals surface area contributed by atoms with Gasteiger partial charge in [0.25, 0.3) is 0 Å². The van der Waals surface area contributed by atoms with Crippen LogP contribution in [0.5, 0.6) is 0 Å². The fraction of sp³-hybridized carbons (Fsp3) is 1.00. The van der Waals surface area contributed by atoms with E-state index >= 15 is 0 Å². The van der Waals surface area contributed by atoms with E-state index in [1.54, 1.807) is 0 Å². The standard InChI is InChI=1S/C12H25NO2/c1-4-13(7-11(2)3)8-12(9-14)5-6-15-10-12/h11,14H,4-10H2,1-3H3. The number of nitrogens with zero attached hydrogens (tertiary/aromatic N) is 1. The lowest BCUT2D eigenvalue weighted by Gasteiger charge is -2.33. The van der Waals surface area contributed by atoms with E-state index in [1.165, 1.54) is 0 Å². The SMILES string of the molecule is CCN(CC(C)C)CC1(CO)CCOC1. The van der Waals surface area contributed by atoms with Crippen LogP contribution < -0.4 is 0 Å². The first kappa shape index (κ1) is 12.9. The van der Waals surface area contributed by atoms with Gasteiger partial charge in [-0.3, -0.25) is 0 Å². The lowest BCUT2D eigenvalue weighted by Crippen LogP contribution is -2.42. The Hall–Kier alpha value is -0.120. The van der Waals surface area contributed by atoms with Crippen LogP contribution in [-0.4, -0.2) is 49.5 Å². The number of rotatable bonds is 6. The maximum Gasteiger partial charge on any atom is 0.0557 e. The predicted octanol–water partition coefficient (Wildman–Crippen LogP) is 1.36. The van der Waals surface area contributed by atoms with Gasteiger partial charge in [0.2, 0.25) is 0 Å². The maximum absolute atomic E-state index is 9.49. The van der Waals surface area contributed by atoms with Crippen LogP contribution in [0.3, 0.4) is 0 Å². The number of ether oxygens (including phenoxy) is 1. The molecule has 3 heteroatoms. The Morgan fingerprint density at radius 1 is 1.47 bits per heavy atom. The molecule has 1 saturated heterocycles. The molecule has 0 aliphatic carbocycles. The van der Waals surface area contributed by atoms with E-state index < -0.39 is 0 Å². The van der Waals surface area contributed by atoms with Gasteiger partial charge < -0.3 is 14.7 Å². The van der Waals surface area contributed by atoms with Crippen LogP contribution >= 0.6 is 0 Å². The Labute approximate surface area is 93.4 Å². The topological polar surface area (TPSA) is 32.7 Å². The average molecular weight is 215 g/mol. The van der Waals surface area contributed by atoms with Gasteiger partial charge in [0.05, 0.1) is 13.2 Å². The van der Waals surface area contributed by atoms with Gasteiger partial charge in [-0.25, -0.2) is 0 Å². The van der Waals surface area contributed by atoms with Crippen molar-refractivity contribution < 1.29 is 9.84 Å². The van der Waals surface area contributed by atoms with Gasteiger partial charge >= 0.3 is 0 Å². The minimum absolute atomic E-state index is 0.00486. The van der Waals surface area contributed by atoms with Gasteiger partial charge in [0.1, 0.15) is 0 Å². The van der Waals surface area contributed by atoms with Crippen molar-refractivity contribution in [3.8, 4) is 0 Å². The second kappa shape index (κ2) is 5.83. The lowest BCUT2D eigenvalue weighted by atomic mass is 9.87. The van der Waals surface area contributed by atoms with Crippen LogP contribution in [0.1, 0.15) is 27.2 Å². The highest BCUT2D eigenvalue weighted by molar-refractivity contribution is 4.85. The fourth-order valence-corrected chi connectivity index (χ4v) is 2.25. The first-order chi connectivity index (χ1) is 7.12. The Morgan fingerprint density at radius 3 is 2.60 bits per heavy atom. The van der Waals surface area contributed by atoms with E-state index in [-0.39, 0.29) is 12.0 Å². The van der Waals surface area contributed by atoms with Crippen LogP contribution in [0, 0.1) is 11.3 Å². The predicted molar refractivity (Wildman–Crippen MR) is 61.9 cm³/mol. The quantitative estimate of drug-likeness (QED) is 0.726. The van der Waals surface area contributed by atoms with E-state index in [0.29, 0.717) is 5.92 Å². The highest BCUT2D eigenvalue weighted by atomic mass is 16.5. The summed E-state index contributed by atoms with van der Waals surface area (Å²) in [4.78, 5) is 2.43. The zero-order valence-electron chi connectivity index (χ0n) is 10.3. The van der Waals surface area contributed by atoms with Crippen LogP contribution in [0.25, 0.3) is 0 Å². The molecule has 1 atom stereocenters. The van der Waals surface area contributed by atoms with Gasteiger partial charge in [-0.15, -0.1) is 0 Å². The molecule has 0 radical (unpaired) electrons. The molecule has 1 unspecified atom stereocenters. The number of aliphatic hydroxyl groups excluding tert-OH is 1. The minimum Gasteiger partial charge on any atom is -0.396 e. The molecular weight excluding hydrogens is 190 g/mol. The second-order valence-corrected chi connectivity index (χ2v) is 5.18. The molecule has 0 bridgehead atoms. The number of hydrogen-bond acceptors (Lipinski definition) is 3. The normalized spacial score (nSPS) is 26.8. The summed E-state index contributed by atoms with van der Waals surface area (Å²) in [5.74, 6) is 0.683. The summed E-state index contributed by atoms with van der Waals surface area (Å²) in [5.41, 5.74) is 0.00486. The third kappa shape index (κ3) is 3.74. The fourth-order valence-electron chi connectivity index (χ4n) is 2.25. The summed E-state index contributed by atoms with van der Waals surface area (Å²) in [5, 5.41) is 9.49. The van der Waals surface area contributed by atoms with Crippen LogP contribution in [-0.2, 0) is 4.74 Å². The largest absolute Gasteiger partial charge is 0.396 e. The molecule has 0 amide bonds. The van der Waals surface area contributed by atoms with Crippen molar-refractivity contribution in [1.82, 2.24) is 4.90 Å². The molecule has 3 nitrogen and oxygen atoms in total. The van der Waals surface area contributed by atoms with Crippen LogP contribution in [0.4, 0.5) is 0 Å². The third-order valence-electron chi connectivity index (χ3n) is 3.15. The van der Waals surface area contributed by atoms with E-state index in [2.05, 4.69) is 25.7 Å². The van der Waals surface area contributed by atoms with Gasteiger partial charge in [-0.2, -0.15) is 0 Å². The minimum atomic E-state index is 0.00486. The molecule has 1 aliphatic heterocycles. The van der Waals surface area contributed by atoms with E-state index in [1.807, 2.05) is 0 Å². The summed E-state index contributed by atoms with van der Waals surface area (Å²) >= 11 is 0. The van der Waals surface area contributed by atoms with Crippen LogP contribution in [0.15, 0.2) is 0 Å². The van der Waals surface area contributed by atoms with Gasteiger partial charge in [-0.1, -0.05) is 20.8 Å². The first-order valence-corrected chi connectivity index (χ1v) is 6.03. The summed E-state index contributed by atoms with van der Waals surface area (Å²) in [6.07, 6.45) is 0.998. The highest BCUT2D eigenvalue weighted by Gasteiger charge is 2.35. The molecule has 90 valence electrons. The van der Waals surface area contributed by atoms with Crippen molar-refractivity contribution in [2.45, 2.75) is 27.2 Å². The Balaban J connectivity index is 2.48. The molecule has 1 heterocycles. The van der Waals surface area contributed by atoms with Crippen molar-refractivity contribution in [1.29, 1.82) is 0 Å². The number of aliphatic hydroxyl groups is 1. The molecule has 0 aromatic carbocycles. The highest BCUT2D eigenvalue weighted by Crippen LogP contribution is 2.29. The lowest BCUT2D eigenvalue weighted by molar-refractivity contribution is 0.0547. The average Bonchev–Trinajstić information content (AvgIpc) is 2.65. The Kier molecular flexibility index (Phi) is 5.03. The van der Waals surface area contributed by atoms with Crippen molar-refractivity contribution in [2.75, 3.05) is 39.5 Å². The summed E-state index contributed by atoms with van der Waals surface area (Å²) < 4.78 is 5.42. The molecule has 0 saturated carbocycles. The van der Waals surface area contributed by atoms with Crippen molar-refractivity contribution in [2.24, 2.45) is 11.3 Å². The van der Waals surface area contributed by atoms with Gasteiger partial charge in [-0.05, 0) is 18.9 Å². The summed E-state index contributed by atoms with van der Waals surface area (Å²) in [6, 6.07) is 0. The maximum atomic E-state index is 9.49. The zero-order valence-corrected chi connectivity index (χ0v) is 10.3. The Morgan fingerprint density at radius 2 is 2.20 bits per heavy atom. The third-order valence-corrected chi connectivity index (χ3v) is 3.15. The van der Waals surface area contributed by atoms with E-state index in [0.717, 1.165) is 39.3 Å². The van der Waals surface area contributed by atoms with Crippen LogP contribution in [0.2, 0.25) is 0 Å². The number of hydrogen-bond donors (Lipinski definition) is 1. The summed E-state index contributed by atoms with van der Waals surface area (Å²) in [7, 11) is 0. The Bertz CT molecular complexity index is 176. The smallest absolute Gasteiger partial charge is 0.0557 e. The molecule has 1 rings (SSSR count). The monoisotopic (exact) mass is 215 g/mol. The van der Waals surface area contributed by atoms with Crippen molar-refractivity contribution in [3.05, 3.63) is 0 Å².